The second-order valence-corrected chi connectivity index (χ2v) is 4.60. The summed E-state index contributed by atoms with van der Waals surface area (Å²) in [6.45, 7) is 1.02. The number of pyridine rings is 1. The maximum absolute atomic E-state index is 12.3. The van der Waals surface area contributed by atoms with E-state index >= 15 is 0 Å². The number of fused-ring (bicyclic) bond motifs is 1. The lowest BCUT2D eigenvalue weighted by Gasteiger charge is -2.22. The first-order valence-electron chi connectivity index (χ1n) is 6.24. The lowest BCUT2D eigenvalue weighted by atomic mass is 9.94. The molecule has 1 aromatic heterocycles. The summed E-state index contributed by atoms with van der Waals surface area (Å²) in [7, 11) is 1.62. The minimum atomic E-state index is -0.166. The van der Waals surface area contributed by atoms with Gasteiger partial charge in [-0.3, -0.25) is 10.2 Å². The average molecular weight is 249 g/mol. The first-order chi connectivity index (χ1) is 8.65. The number of nitrogen functional groups attached to an aromatic ring is 1. The molecule has 0 radical (unpaired) electrons. The van der Waals surface area contributed by atoms with Crippen molar-refractivity contribution in [1.29, 1.82) is 5.41 Å². The summed E-state index contributed by atoms with van der Waals surface area (Å²) in [6, 6.07) is 1.79. The normalized spacial score (nSPS) is 14.3. The van der Waals surface area contributed by atoms with Crippen molar-refractivity contribution < 1.29 is 4.74 Å². The highest BCUT2D eigenvalue weighted by molar-refractivity contribution is 5.94. The summed E-state index contributed by atoms with van der Waals surface area (Å²) in [4.78, 5) is 12.3. The molecule has 2 rings (SSSR count). The Bertz CT molecular complexity index is 520. The van der Waals surface area contributed by atoms with Gasteiger partial charge in [0.1, 0.15) is 5.84 Å². The fourth-order valence-electron chi connectivity index (χ4n) is 2.49. The van der Waals surface area contributed by atoms with E-state index in [9.17, 15) is 4.79 Å². The van der Waals surface area contributed by atoms with Crippen LogP contribution in [0.3, 0.4) is 0 Å². The summed E-state index contributed by atoms with van der Waals surface area (Å²) in [6.07, 6.45) is 4.13. The molecule has 0 saturated carbocycles. The Morgan fingerprint density at radius 3 is 2.89 bits per heavy atom. The highest BCUT2D eigenvalue weighted by atomic mass is 16.5. The van der Waals surface area contributed by atoms with Crippen LogP contribution in [0.2, 0.25) is 0 Å². The molecule has 1 heterocycles. The van der Waals surface area contributed by atoms with Crippen molar-refractivity contribution in [2.24, 2.45) is 5.73 Å². The van der Waals surface area contributed by atoms with E-state index in [1.165, 1.54) is 0 Å². The predicted molar refractivity (Wildman–Crippen MR) is 70.2 cm³/mol. The van der Waals surface area contributed by atoms with E-state index in [4.69, 9.17) is 15.9 Å². The first kappa shape index (κ1) is 12.8. The van der Waals surface area contributed by atoms with Crippen LogP contribution < -0.4 is 11.3 Å². The molecule has 0 unspecified atom stereocenters. The van der Waals surface area contributed by atoms with Gasteiger partial charge < -0.3 is 15.0 Å². The number of aromatic nitrogens is 1. The van der Waals surface area contributed by atoms with Crippen LogP contribution in [-0.4, -0.2) is 24.1 Å². The number of methoxy groups -OCH3 is 1. The third kappa shape index (κ3) is 2.31. The zero-order chi connectivity index (χ0) is 13.1. The predicted octanol–water partition coefficient (Wildman–Crippen LogP) is 0.658. The van der Waals surface area contributed by atoms with Crippen LogP contribution in [0.25, 0.3) is 0 Å². The molecule has 1 aliphatic rings. The molecule has 98 valence electrons. The van der Waals surface area contributed by atoms with Gasteiger partial charge >= 0.3 is 0 Å². The smallest absolute Gasteiger partial charge is 0.261 e. The van der Waals surface area contributed by atoms with Gasteiger partial charge in [-0.15, -0.1) is 0 Å². The molecule has 3 N–H and O–H groups in total. The van der Waals surface area contributed by atoms with Gasteiger partial charge in [-0.25, -0.2) is 0 Å². The topological polar surface area (TPSA) is 81.1 Å². The minimum absolute atomic E-state index is 0.153. The summed E-state index contributed by atoms with van der Waals surface area (Å²) in [5, 5.41) is 7.50. The van der Waals surface area contributed by atoms with E-state index in [0.29, 0.717) is 18.7 Å². The zero-order valence-electron chi connectivity index (χ0n) is 10.7. The van der Waals surface area contributed by atoms with Gasteiger partial charge in [-0.2, -0.15) is 0 Å². The van der Waals surface area contributed by atoms with E-state index in [2.05, 4.69) is 0 Å². The number of nitrogens with two attached hydrogens (primary N) is 1. The van der Waals surface area contributed by atoms with E-state index in [1.807, 2.05) is 0 Å². The SMILES string of the molecule is COCCn1c2c(cc(C(=N)N)c1=O)CCCC2. The van der Waals surface area contributed by atoms with Gasteiger partial charge in [-0.05, 0) is 37.3 Å². The monoisotopic (exact) mass is 249 g/mol. The summed E-state index contributed by atoms with van der Waals surface area (Å²) < 4.78 is 6.78. The molecular formula is C13H19N3O2. The first-order valence-corrected chi connectivity index (χ1v) is 6.24. The number of rotatable bonds is 4. The van der Waals surface area contributed by atoms with Gasteiger partial charge in [0.2, 0.25) is 0 Å². The molecule has 0 aromatic carbocycles. The summed E-state index contributed by atoms with van der Waals surface area (Å²) in [5.74, 6) is -0.153. The van der Waals surface area contributed by atoms with Gasteiger partial charge in [0.25, 0.3) is 5.56 Å². The number of hydrogen-bond acceptors (Lipinski definition) is 3. The van der Waals surface area contributed by atoms with Crippen molar-refractivity contribution in [3.8, 4) is 0 Å². The van der Waals surface area contributed by atoms with Gasteiger partial charge in [0.05, 0.1) is 12.2 Å². The highest BCUT2D eigenvalue weighted by Crippen LogP contribution is 2.20. The van der Waals surface area contributed by atoms with Gasteiger partial charge in [0, 0.05) is 19.3 Å². The molecule has 0 amide bonds. The third-order valence-electron chi connectivity index (χ3n) is 3.41. The van der Waals surface area contributed by atoms with Crippen LogP contribution in [0.1, 0.15) is 29.7 Å². The van der Waals surface area contributed by atoms with Crippen LogP contribution in [0.15, 0.2) is 10.9 Å². The Morgan fingerprint density at radius 1 is 1.50 bits per heavy atom. The van der Waals surface area contributed by atoms with E-state index in [1.54, 1.807) is 17.7 Å². The molecular weight excluding hydrogens is 230 g/mol. The van der Waals surface area contributed by atoms with Crippen molar-refractivity contribution in [2.45, 2.75) is 32.2 Å². The molecule has 1 aromatic rings. The number of amidine groups is 1. The van der Waals surface area contributed by atoms with Crippen LogP contribution in [0.4, 0.5) is 0 Å². The van der Waals surface area contributed by atoms with E-state index < -0.39 is 0 Å². The second kappa shape index (κ2) is 5.35. The van der Waals surface area contributed by atoms with Crippen molar-refractivity contribution in [3.05, 3.63) is 33.2 Å². The Labute approximate surface area is 106 Å². The fourth-order valence-corrected chi connectivity index (χ4v) is 2.49. The van der Waals surface area contributed by atoms with Gasteiger partial charge in [0.15, 0.2) is 0 Å². The zero-order valence-corrected chi connectivity index (χ0v) is 10.7. The standard InChI is InChI=1S/C13H19N3O2/c1-18-7-6-16-11-5-3-2-4-9(11)8-10(12(14)15)13(16)17/h8H,2-7H2,1H3,(H3,14,15). The van der Waals surface area contributed by atoms with Crippen molar-refractivity contribution in [2.75, 3.05) is 13.7 Å². The van der Waals surface area contributed by atoms with Crippen molar-refractivity contribution >= 4 is 5.84 Å². The average Bonchev–Trinajstić information content (AvgIpc) is 2.37. The molecule has 5 heteroatoms. The highest BCUT2D eigenvalue weighted by Gasteiger charge is 2.18. The van der Waals surface area contributed by atoms with E-state index in [0.717, 1.165) is 36.9 Å². The molecule has 0 fully saturated rings. The molecule has 0 saturated heterocycles. The Balaban J connectivity index is 2.55. The van der Waals surface area contributed by atoms with Crippen molar-refractivity contribution in [1.82, 2.24) is 4.57 Å². The summed E-state index contributed by atoms with van der Waals surface area (Å²) in [5.41, 5.74) is 7.88. The quantitative estimate of drug-likeness (QED) is 0.607. The Kier molecular flexibility index (Phi) is 3.81. The number of ether oxygens (including phenoxy) is 1. The second-order valence-electron chi connectivity index (χ2n) is 4.60. The summed E-state index contributed by atoms with van der Waals surface area (Å²) >= 11 is 0. The number of hydrogen-bond donors (Lipinski definition) is 2. The molecule has 18 heavy (non-hydrogen) atoms. The number of nitrogens with one attached hydrogen (secondary N) is 1. The lowest BCUT2D eigenvalue weighted by molar-refractivity contribution is 0.185. The molecule has 0 spiro atoms. The minimum Gasteiger partial charge on any atom is -0.384 e. The molecule has 0 bridgehead atoms. The Morgan fingerprint density at radius 2 is 2.22 bits per heavy atom. The largest absolute Gasteiger partial charge is 0.384 e. The molecule has 0 aliphatic heterocycles. The number of aryl methyl sites for hydroxylation is 1. The van der Waals surface area contributed by atoms with Crippen LogP contribution in [-0.2, 0) is 24.1 Å². The van der Waals surface area contributed by atoms with Crippen LogP contribution in [0, 0.1) is 5.41 Å². The third-order valence-corrected chi connectivity index (χ3v) is 3.41. The maximum atomic E-state index is 12.3. The van der Waals surface area contributed by atoms with Crippen LogP contribution >= 0.6 is 0 Å². The lowest BCUT2D eigenvalue weighted by Crippen LogP contribution is -2.34. The maximum Gasteiger partial charge on any atom is 0.261 e. The number of nitrogens with zero attached hydrogens (tertiary/aromatic N) is 1. The van der Waals surface area contributed by atoms with E-state index in [-0.39, 0.29) is 11.4 Å². The molecule has 0 atom stereocenters. The Hall–Kier alpha value is -1.62. The van der Waals surface area contributed by atoms with Crippen LogP contribution in [0.5, 0.6) is 0 Å². The molecule has 5 nitrogen and oxygen atoms in total. The fraction of sp³-hybridized carbons (Fsp3) is 0.538. The van der Waals surface area contributed by atoms with Crippen molar-refractivity contribution in [3.63, 3.8) is 0 Å². The molecule has 1 aliphatic carbocycles. The van der Waals surface area contributed by atoms with Gasteiger partial charge in [-0.1, -0.05) is 0 Å².